The highest BCUT2D eigenvalue weighted by molar-refractivity contribution is 4.94. The third-order valence-corrected chi connectivity index (χ3v) is 4.62. The summed E-state index contributed by atoms with van der Waals surface area (Å²) in [6.07, 6.45) is 8.42. The van der Waals surface area contributed by atoms with E-state index < -0.39 is 0 Å². The van der Waals surface area contributed by atoms with Crippen LogP contribution in [0.25, 0.3) is 0 Å². The molecule has 2 aliphatic rings. The van der Waals surface area contributed by atoms with Crippen molar-refractivity contribution in [1.29, 1.82) is 0 Å². The van der Waals surface area contributed by atoms with Crippen LogP contribution in [0.3, 0.4) is 0 Å². The molecule has 0 radical (unpaired) electrons. The highest BCUT2D eigenvalue weighted by Gasteiger charge is 2.36. The molecule has 3 atom stereocenters. The quantitative estimate of drug-likeness (QED) is 0.808. The second-order valence-electron chi connectivity index (χ2n) is 6.31. The Morgan fingerprint density at radius 1 is 1.11 bits per heavy atom. The summed E-state index contributed by atoms with van der Waals surface area (Å²) in [6, 6.07) is 2.34. The lowest BCUT2D eigenvalue weighted by Gasteiger charge is -2.42. The van der Waals surface area contributed by atoms with Gasteiger partial charge in [-0.15, -0.1) is 0 Å². The van der Waals surface area contributed by atoms with Gasteiger partial charge >= 0.3 is 0 Å². The van der Waals surface area contributed by atoms with Gasteiger partial charge in [0, 0.05) is 24.7 Å². The topological polar surface area (TPSA) is 18.5 Å². The average Bonchev–Trinajstić information content (AvgIpc) is 2.77. The van der Waals surface area contributed by atoms with Crippen molar-refractivity contribution in [3.63, 3.8) is 0 Å². The van der Waals surface area contributed by atoms with E-state index in [0.717, 1.165) is 24.7 Å². The van der Waals surface area contributed by atoms with E-state index in [1.807, 2.05) is 0 Å². The molecule has 3 heteroatoms. The van der Waals surface area contributed by atoms with Crippen LogP contribution in [0.5, 0.6) is 0 Å². The van der Waals surface area contributed by atoms with Crippen LogP contribution in [-0.2, 0) is 0 Å². The molecule has 1 saturated heterocycles. The molecular formula is C15H31N3. The molecule has 106 valence electrons. The number of rotatable bonds is 5. The smallest absolute Gasteiger partial charge is 0.0252 e. The van der Waals surface area contributed by atoms with Crippen molar-refractivity contribution in [3.8, 4) is 0 Å². The van der Waals surface area contributed by atoms with Gasteiger partial charge in [-0.2, -0.15) is 0 Å². The van der Waals surface area contributed by atoms with Gasteiger partial charge in [-0.25, -0.2) is 0 Å². The summed E-state index contributed by atoms with van der Waals surface area (Å²) >= 11 is 0. The molecule has 0 aromatic rings. The van der Waals surface area contributed by atoms with Crippen molar-refractivity contribution in [1.82, 2.24) is 15.1 Å². The normalized spacial score (nSPS) is 34.3. The fraction of sp³-hybridized carbons (Fsp3) is 1.00. The molecule has 18 heavy (non-hydrogen) atoms. The Bertz CT molecular complexity index is 240. The number of likely N-dealkylation sites (tertiary alicyclic amines) is 1. The fourth-order valence-electron chi connectivity index (χ4n) is 3.92. The standard InChI is InChI=1S/C15H31N3/c1-4-16-14-9-5-6-10-15(14)18-11-7-8-13(18)12-17(2)3/h13-16H,4-12H2,1-3H3. The van der Waals surface area contributed by atoms with Gasteiger partial charge in [0.05, 0.1) is 0 Å². The lowest BCUT2D eigenvalue weighted by molar-refractivity contribution is 0.0966. The van der Waals surface area contributed by atoms with E-state index in [1.54, 1.807) is 0 Å². The van der Waals surface area contributed by atoms with Gasteiger partial charge in [0.15, 0.2) is 0 Å². The van der Waals surface area contributed by atoms with Crippen LogP contribution in [0.15, 0.2) is 0 Å². The zero-order valence-electron chi connectivity index (χ0n) is 12.5. The molecule has 2 fully saturated rings. The molecule has 1 N–H and O–H groups in total. The highest BCUT2D eigenvalue weighted by atomic mass is 15.3. The molecule has 0 aromatic heterocycles. The lowest BCUT2D eigenvalue weighted by atomic mass is 9.88. The Hall–Kier alpha value is -0.120. The zero-order chi connectivity index (χ0) is 13.0. The van der Waals surface area contributed by atoms with Crippen LogP contribution >= 0.6 is 0 Å². The molecule has 0 amide bonds. The number of nitrogens with zero attached hydrogens (tertiary/aromatic N) is 2. The van der Waals surface area contributed by atoms with Crippen molar-refractivity contribution >= 4 is 0 Å². The summed E-state index contributed by atoms with van der Waals surface area (Å²) in [7, 11) is 4.41. The molecule has 1 aliphatic carbocycles. The minimum absolute atomic E-state index is 0.742. The van der Waals surface area contributed by atoms with Gasteiger partial charge in [0.1, 0.15) is 0 Å². The number of hydrogen-bond donors (Lipinski definition) is 1. The minimum Gasteiger partial charge on any atom is -0.313 e. The second-order valence-corrected chi connectivity index (χ2v) is 6.31. The Balaban J connectivity index is 1.97. The number of likely N-dealkylation sites (N-methyl/N-ethyl adjacent to an activating group) is 2. The molecule has 3 nitrogen and oxygen atoms in total. The Morgan fingerprint density at radius 3 is 2.61 bits per heavy atom. The largest absolute Gasteiger partial charge is 0.313 e. The monoisotopic (exact) mass is 253 g/mol. The van der Waals surface area contributed by atoms with E-state index in [2.05, 4.69) is 36.1 Å². The Morgan fingerprint density at radius 2 is 1.89 bits per heavy atom. The summed E-state index contributed by atoms with van der Waals surface area (Å²) in [6.45, 7) is 5.92. The first kappa shape index (κ1) is 14.3. The Labute approximate surface area is 113 Å². The number of hydrogen-bond acceptors (Lipinski definition) is 3. The molecule has 3 unspecified atom stereocenters. The first-order valence-corrected chi connectivity index (χ1v) is 7.86. The van der Waals surface area contributed by atoms with E-state index in [0.29, 0.717) is 0 Å². The molecule has 2 rings (SSSR count). The van der Waals surface area contributed by atoms with Crippen molar-refractivity contribution in [2.75, 3.05) is 33.7 Å². The summed E-state index contributed by atoms with van der Waals surface area (Å²) in [5.41, 5.74) is 0. The van der Waals surface area contributed by atoms with Gasteiger partial charge in [0.2, 0.25) is 0 Å². The zero-order valence-corrected chi connectivity index (χ0v) is 12.5. The predicted molar refractivity (Wildman–Crippen MR) is 78.0 cm³/mol. The fourth-order valence-corrected chi connectivity index (χ4v) is 3.92. The van der Waals surface area contributed by atoms with Crippen molar-refractivity contribution < 1.29 is 0 Å². The predicted octanol–water partition coefficient (Wildman–Crippen LogP) is 1.93. The van der Waals surface area contributed by atoms with Crippen molar-refractivity contribution in [2.45, 2.75) is 63.6 Å². The average molecular weight is 253 g/mol. The molecule has 0 aromatic carbocycles. The highest BCUT2D eigenvalue weighted by Crippen LogP contribution is 2.29. The van der Waals surface area contributed by atoms with Crippen LogP contribution in [0.1, 0.15) is 45.4 Å². The maximum absolute atomic E-state index is 3.73. The lowest BCUT2D eigenvalue weighted by Crippen LogP contribution is -2.54. The van der Waals surface area contributed by atoms with Crippen LogP contribution in [0.2, 0.25) is 0 Å². The van der Waals surface area contributed by atoms with E-state index >= 15 is 0 Å². The van der Waals surface area contributed by atoms with Crippen molar-refractivity contribution in [3.05, 3.63) is 0 Å². The SMILES string of the molecule is CCNC1CCCCC1N1CCCC1CN(C)C. The van der Waals surface area contributed by atoms with Crippen LogP contribution in [0.4, 0.5) is 0 Å². The number of nitrogens with one attached hydrogen (secondary N) is 1. The Kier molecular flexibility index (Phi) is 5.46. The summed E-state index contributed by atoms with van der Waals surface area (Å²) in [5.74, 6) is 0. The molecule has 1 heterocycles. The van der Waals surface area contributed by atoms with Crippen LogP contribution in [-0.4, -0.2) is 61.7 Å². The van der Waals surface area contributed by atoms with Gasteiger partial charge in [-0.05, 0) is 52.9 Å². The summed E-state index contributed by atoms with van der Waals surface area (Å²) < 4.78 is 0. The van der Waals surface area contributed by atoms with E-state index in [4.69, 9.17) is 0 Å². The van der Waals surface area contributed by atoms with E-state index in [9.17, 15) is 0 Å². The van der Waals surface area contributed by atoms with E-state index in [1.165, 1.54) is 51.6 Å². The minimum atomic E-state index is 0.742. The van der Waals surface area contributed by atoms with Crippen LogP contribution in [0, 0.1) is 0 Å². The first-order valence-electron chi connectivity index (χ1n) is 7.86. The van der Waals surface area contributed by atoms with Gasteiger partial charge in [-0.1, -0.05) is 19.8 Å². The summed E-state index contributed by atoms with van der Waals surface area (Å²) in [4.78, 5) is 5.18. The third-order valence-electron chi connectivity index (χ3n) is 4.62. The first-order chi connectivity index (χ1) is 8.72. The maximum atomic E-state index is 3.73. The van der Waals surface area contributed by atoms with Gasteiger partial charge in [-0.3, -0.25) is 4.90 Å². The molecular weight excluding hydrogens is 222 g/mol. The third kappa shape index (κ3) is 3.46. The van der Waals surface area contributed by atoms with E-state index in [-0.39, 0.29) is 0 Å². The van der Waals surface area contributed by atoms with Crippen molar-refractivity contribution in [2.24, 2.45) is 0 Å². The molecule has 0 bridgehead atoms. The van der Waals surface area contributed by atoms with Crippen LogP contribution < -0.4 is 5.32 Å². The molecule has 0 spiro atoms. The molecule has 1 saturated carbocycles. The maximum Gasteiger partial charge on any atom is 0.0252 e. The van der Waals surface area contributed by atoms with Gasteiger partial charge in [0.25, 0.3) is 0 Å². The molecule has 1 aliphatic heterocycles. The van der Waals surface area contributed by atoms with Gasteiger partial charge < -0.3 is 10.2 Å². The summed E-state index contributed by atoms with van der Waals surface area (Å²) in [5, 5.41) is 3.73. The second kappa shape index (κ2) is 6.88.